The Morgan fingerprint density at radius 2 is 2.12 bits per heavy atom. The quantitative estimate of drug-likeness (QED) is 0.486. The lowest BCUT2D eigenvalue weighted by molar-refractivity contribution is -0.386. The molecule has 0 saturated heterocycles. The lowest BCUT2D eigenvalue weighted by atomic mass is 10.1. The number of Topliss-reactive ketones (excluding diaryl/α,β-unsaturated/α-hetero) is 1. The number of carbonyl (C=O) groups excluding carboxylic acids is 1. The van der Waals surface area contributed by atoms with Gasteiger partial charge in [-0.3, -0.25) is 14.9 Å². The van der Waals surface area contributed by atoms with Crippen molar-refractivity contribution in [1.82, 2.24) is 0 Å². The predicted molar refractivity (Wildman–Crippen MR) is 57.4 cm³/mol. The minimum absolute atomic E-state index is 0.0225. The van der Waals surface area contributed by atoms with Crippen molar-refractivity contribution >= 4 is 27.4 Å². The van der Waals surface area contributed by atoms with Crippen molar-refractivity contribution in [2.24, 2.45) is 0 Å². The highest BCUT2D eigenvalue weighted by molar-refractivity contribution is 9.10. The highest BCUT2D eigenvalue weighted by Crippen LogP contribution is 2.36. The van der Waals surface area contributed by atoms with Crippen molar-refractivity contribution in [1.29, 1.82) is 0 Å². The molecule has 0 N–H and O–H groups in total. The molecule has 0 atom stereocenters. The molecule has 1 aromatic carbocycles. The Morgan fingerprint density at radius 1 is 1.53 bits per heavy atom. The van der Waals surface area contributed by atoms with Crippen LogP contribution < -0.4 is 4.74 Å². The van der Waals surface area contributed by atoms with Gasteiger partial charge in [0.25, 0.3) is 5.69 Å². The van der Waals surface area contributed by atoms with Crippen molar-refractivity contribution in [3.8, 4) is 5.75 Å². The fourth-order valence-corrected chi connectivity index (χ4v) is 1.74. The second-order valence-corrected chi connectivity index (χ2v) is 3.82. The van der Waals surface area contributed by atoms with Gasteiger partial charge in [0.1, 0.15) is 11.3 Å². The zero-order valence-electron chi connectivity index (χ0n) is 8.45. The van der Waals surface area contributed by atoms with Gasteiger partial charge in [0.15, 0.2) is 5.78 Å². The van der Waals surface area contributed by atoms with E-state index in [2.05, 4.69) is 20.7 Å². The van der Waals surface area contributed by atoms with Crippen molar-refractivity contribution in [3.63, 3.8) is 0 Å². The fourth-order valence-electron chi connectivity index (χ4n) is 1.26. The van der Waals surface area contributed by atoms with E-state index in [-0.39, 0.29) is 4.47 Å². The third-order valence-corrected chi connectivity index (χ3v) is 2.48. The predicted octanol–water partition coefficient (Wildman–Crippen LogP) is 3.16. The Labute approximate surface area is 103 Å². The van der Waals surface area contributed by atoms with E-state index in [1.807, 2.05) is 0 Å². The van der Waals surface area contributed by atoms with Crippen LogP contribution in [0.3, 0.4) is 0 Å². The number of ketones is 1. The van der Waals surface area contributed by atoms with E-state index in [1.165, 1.54) is 6.07 Å². The molecule has 0 aliphatic rings. The van der Waals surface area contributed by atoms with Crippen molar-refractivity contribution in [2.45, 2.75) is 13.5 Å². The van der Waals surface area contributed by atoms with Gasteiger partial charge in [0.2, 0.25) is 0 Å². The maximum absolute atomic E-state index is 12.1. The van der Waals surface area contributed by atoms with Crippen LogP contribution in [0.5, 0.6) is 5.75 Å². The number of benzene rings is 1. The Balaban J connectivity index is 3.47. The van der Waals surface area contributed by atoms with Crippen molar-refractivity contribution in [2.75, 3.05) is 0 Å². The highest BCUT2D eigenvalue weighted by Gasteiger charge is 2.27. The molecule has 8 heteroatoms. The normalized spacial score (nSPS) is 10.4. The van der Waals surface area contributed by atoms with E-state index in [9.17, 15) is 23.7 Å². The average molecular weight is 310 g/mol. The summed E-state index contributed by atoms with van der Waals surface area (Å²) in [5.74, 6) is -1.24. The molecule has 5 nitrogen and oxygen atoms in total. The molecule has 0 saturated carbocycles. The summed E-state index contributed by atoms with van der Waals surface area (Å²) in [6.45, 7) is -2.12. The second-order valence-electron chi connectivity index (χ2n) is 2.96. The number of alkyl halides is 2. The summed E-state index contributed by atoms with van der Waals surface area (Å²) >= 11 is 2.88. The molecular formula is C9H6BrF2NO4. The van der Waals surface area contributed by atoms with Crippen LogP contribution in [0.4, 0.5) is 14.5 Å². The summed E-state index contributed by atoms with van der Waals surface area (Å²) in [4.78, 5) is 21.2. The molecule has 0 amide bonds. The van der Waals surface area contributed by atoms with Gasteiger partial charge in [-0.05, 0) is 35.0 Å². The molecule has 0 unspecified atom stereocenters. The molecule has 0 bridgehead atoms. The Morgan fingerprint density at radius 3 is 2.53 bits per heavy atom. The number of rotatable bonds is 4. The van der Waals surface area contributed by atoms with E-state index in [0.717, 1.165) is 13.0 Å². The number of ether oxygens (including phenoxy) is 1. The molecule has 0 radical (unpaired) electrons. The van der Waals surface area contributed by atoms with Crippen LogP contribution in [-0.4, -0.2) is 17.3 Å². The van der Waals surface area contributed by atoms with Crippen LogP contribution in [0.2, 0.25) is 0 Å². The smallest absolute Gasteiger partial charge is 0.387 e. The minimum atomic E-state index is -3.16. The summed E-state index contributed by atoms with van der Waals surface area (Å²) in [7, 11) is 0. The van der Waals surface area contributed by atoms with E-state index in [4.69, 9.17) is 0 Å². The maximum atomic E-state index is 12.1. The SMILES string of the molecule is CC(=O)c1c(OC(F)F)ccc(Br)c1[N+](=O)[O-]. The van der Waals surface area contributed by atoms with Gasteiger partial charge in [-0.2, -0.15) is 8.78 Å². The lowest BCUT2D eigenvalue weighted by Gasteiger charge is -2.09. The van der Waals surface area contributed by atoms with Crippen LogP contribution >= 0.6 is 15.9 Å². The molecule has 0 spiro atoms. The van der Waals surface area contributed by atoms with E-state index in [1.54, 1.807) is 0 Å². The first-order chi connectivity index (χ1) is 7.84. The summed E-state index contributed by atoms with van der Waals surface area (Å²) in [6, 6.07) is 2.24. The lowest BCUT2D eigenvalue weighted by Crippen LogP contribution is -2.09. The highest BCUT2D eigenvalue weighted by atomic mass is 79.9. The molecule has 0 fully saturated rings. The largest absolute Gasteiger partial charge is 0.434 e. The van der Waals surface area contributed by atoms with Gasteiger partial charge in [-0.25, -0.2) is 0 Å². The number of nitro groups is 1. The van der Waals surface area contributed by atoms with Crippen LogP contribution in [0.25, 0.3) is 0 Å². The van der Waals surface area contributed by atoms with Crippen LogP contribution in [-0.2, 0) is 0 Å². The molecule has 1 aromatic rings. The maximum Gasteiger partial charge on any atom is 0.387 e. The summed E-state index contributed by atoms with van der Waals surface area (Å²) in [5.41, 5.74) is -1.07. The van der Waals surface area contributed by atoms with Gasteiger partial charge >= 0.3 is 6.61 Å². The Hall–Kier alpha value is -1.57. The average Bonchev–Trinajstić information content (AvgIpc) is 2.18. The van der Waals surface area contributed by atoms with Gasteiger partial charge < -0.3 is 4.74 Å². The second kappa shape index (κ2) is 5.17. The first-order valence-corrected chi connectivity index (χ1v) is 5.06. The van der Waals surface area contributed by atoms with Crippen molar-refractivity contribution < 1.29 is 23.2 Å². The zero-order valence-corrected chi connectivity index (χ0v) is 10.0. The number of nitrogens with zero attached hydrogens (tertiary/aromatic N) is 1. The van der Waals surface area contributed by atoms with Gasteiger partial charge in [0.05, 0.1) is 9.40 Å². The molecule has 17 heavy (non-hydrogen) atoms. The summed E-state index contributed by atoms with van der Waals surface area (Å²) in [5, 5.41) is 10.8. The molecule has 92 valence electrons. The molecule has 1 rings (SSSR count). The number of halogens is 3. The number of nitro benzene ring substituents is 1. The zero-order chi connectivity index (χ0) is 13.2. The number of carbonyl (C=O) groups is 1. The van der Waals surface area contributed by atoms with E-state index >= 15 is 0 Å². The van der Waals surface area contributed by atoms with Crippen molar-refractivity contribution in [3.05, 3.63) is 32.3 Å². The van der Waals surface area contributed by atoms with Gasteiger partial charge in [-0.1, -0.05) is 0 Å². The van der Waals surface area contributed by atoms with Gasteiger partial charge in [0, 0.05) is 0 Å². The molecule has 0 aromatic heterocycles. The Kier molecular flexibility index (Phi) is 4.11. The fraction of sp³-hybridized carbons (Fsp3) is 0.222. The van der Waals surface area contributed by atoms with Gasteiger partial charge in [-0.15, -0.1) is 0 Å². The molecular weight excluding hydrogens is 304 g/mol. The molecule has 0 aliphatic heterocycles. The third-order valence-electron chi connectivity index (χ3n) is 1.84. The Bertz CT molecular complexity index is 478. The number of hydrogen-bond donors (Lipinski definition) is 0. The first kappa shape index (κ1) is 13.5. The number of hydrogen-bond acceptors (Lipinski definition) is 4. The minimum Gasteiger partial charge on any atom is -0.434 e. The monoisotopic (exact) mass is 309 g/mol. The van der Waals surface area contributed by atoms with Crippen LogP contribution in [0, 0.1) is 10.1 Å². The van der Waals surface area contributed by atoms with Crippen LogP contribution in [0.15, 0.2) is 16.6 Å². The summed E-state index contributed by atoms with van der Waals surface area (Å²) in [6.07, 6.45) is 0. The standard InChI is InChI=1S/C9H6BrF2NO4/c1-4(14)7-6(17-9(11)12)3-2-5(10)8(7)13(15)16/h2-3,9H,1H3. The topological polar surface area (TPSA) is 69.4 Å². The summed E-state index contributed by atoms with van der Waals surface area (Å²) < 4.78 is 28.3. The van der Waals surface area contributed by atoms with E-state index < -0.39 is 34.3 Å². The third kappa shape index (κ3) is 2.96. The first-order valence-electron chi connectivity index (χ1n) is 4.27. The van der Waals surface area contributed by atoms with E-state index in [0.29, 0.717) is 0 Å². The molecule has 0 heterocycles. The van der Waals surface area contributed by atoms with Crippen LogP contribution in [0.1, 0.15) is 17.3 Å². The molecule has 0 aliphatic carbocycles.